The highest BCUT2D eigenvalue weighted by Gasteiger charge is 2.25. The van der Waals surface area contributed by atoms with Gasteiger partial charge in [-0.25, -0.2) is 4.98 Å². The van der Waals surface area contributed by atoms with Crippen molar-refractivity contribution in [3.63, 3.8) is 0 Å². The molecule has 202 valence electrons. The molecule has 2 fully saturated rings. The first-order valence-corrected chi connectivity index (χ1v) is 14.3. The number of benzene rings is 2. The Kier molecular flexibility index (Phi) is 7.33. The molecule has 0 unspecified atom stereocenters. The summed E-state index contributed by atoms with van der Waals surface area (Å²) in [4.78, 5) is 39.1. The van der Waals surface area contributed by atoms with Crippen LogP contribution >= 0.6 is 0 Å². The van der Waals surface area contributed by atoms with E-state index in [0.29, 0.717) is 17.2 Å². The van der Waals surface area contributed by atoms with Crippen LogP contribution in [0.4, 0.5) is 5.69 Å². The summed E-state index contributed by atoms with van der Waals surface area (Å²) in [5, 5.41) is 5.35. The van der Waals surface area contributed by atoms with Crippen molar-refractivity contribution in [3.8, 4) is 0 Å². The second-order valence-electron chi connectivity index (χ2n) is 11.2. The van der Waals surface area contributed by atoms with E-state index in [4.69, 9.17) is 0 Å². The molecule has 2 aliphatic heterocycles. The van der Waals surface area contributed by atoms with Gasteiger partial charge >= 0.3 is 0 Å². The number of nitrogens with zero attached hydrogens (tertiary/aromatic N) is 3. The highest BCUT2D eigenvalue weighted by atomic mass is 16.2. The number of amides is 1. The third-order valence-electron chi connectivity index (χ3n) is 8.46. The van der Waals surface area contributed by atoms with E-state index in [-0.39, 0.29) is 18.2 Å². The smallest absolute Gasteiger partial charge is 0.241 e. The average Bonchev–Trinajstić information content (AvgIpc) is 3.35. The van der Waals surface area contributed by atoms with E-state index in [1.165, 1.54) is 38.9 Å². The summed E-state index contributed by atoms with van der Waals surface area (Å²) in [5.41, 5.74) is 4.52. The average molecular weight is 524 g/mol. The number of pyridine rings is 1. The standard InChI is InChI=1S/C32H37N5O2/c1-22-19-33-28-17-24(9-10-25(22)28)32(39)30-18-29(26-7-3-4-8-27(26)35-30)34-20-31(38)37-15-11-23(12-16-37)21-36-13-5-2-6-14-36/h3-4,7-10,17-19,23,33H,2,5-6,11-16,20-21H2,1H3,(H,34,35). The number of hydrogen-bond donors (Lipinski definition) is 2. The van der Waals surface area contributed by atoms with Gasteiger partial charge in [0.1, 0.15) is 5.69 Å². The SMILES string of the molecule is Cc1c[nH]c2cc(C(=O)c3cc(NCC(=O)N4CCC(CN5CCCCC5)CC4)c4ccccc4n3)ccc12. The van der Waals surface area contributed by atoms with Gasteiger partial charge in [0.2, 0.25) is 11.7 Å². The quantitative estimate of drug-likeness (QED) is 0.318. The maximum atomic E-state index is 13.5. The molecular weight excluding hydrogens is 486 g/mol. The number of piperidine rings is 2. The lowest BCUT2D eigenvalue weighted by Gasteiger charge is -2.36. The molecule has 4 aromatic rings. The molecule has 2 N–H and O–H groups in total. The first-order valence-electron chi connectivity index (χ1n) is 14.3. The Bertz CT molecular complexity index is 1500. The minimum absolute atomic E-state index is 0.104. The number of aromatic nitrogens is 2. The first kappa shape index (κ1) is 25.6. The van der Waals surface area contributed by atoms with Gasteiger partial charge in [-0.15, -0.1) is 0 Å². The van der Waals surface area contributed by atoms with Crippen LogP contribution in [0.15, 0.2) is 54.7 Å². The lowest BCUT2D eigenvalue weighted by atomic mass is 9.95. The topological polar surface area (TPSA) is 81.3 Å². The number of H-pyrrole nitrogens is 1. The monoisotopic (exact) mass is 523 g/mol. The van der Waals surface area contributed by atoms with Crippen LogP contribution in [0.3, 0.4) is 0 Å². The van der Waals surface area contributed by atoms with Crippen LogP contribution < -0.4 is 5.32 Å². The number of nitrogens with one attached hydrogen (secondary N) is 2. The number of carbonyl (C=O) groups excluding carboxylic acids is 2. The van der Waals surface area contributed by atoms with E-state index in [9.17, 15) is 9.59 Å². The van der Waals surface area contributed by atoms with E-state index in [0.717, 1.165) is 59.0 Å². The Balaban J connectivity index is 1.13. The van der Waals surface area contributed by atoms with E-state index in [2.05, 4.69) is 20.2 Å². The van der Waals surface area contributed by atoms with E-state index in [1.807, 2.05) is 60.5 Å². The number of hydrogen-bond acceptors (Lipinski definition) is 5. The number of aryl methyl sites for hydroxylation is 1. The van der Waals surface area contributed by atoms with Gasteiger partial charge in [-0.05, 0) is 75.4 Å². The molecule has 0 saturated carbocycles. The molecule has 2 aromatic carbocycles. The molecule has 0 radical (unpaired) electrons. The van der Waals surface area contributed by atoms with Gasteiger partial charge in [0.25, 0.3) is 0 Å². The van der Waals surface area contributed by atoms with Gasteiger partial charge in [-0.3, -0.25) is 9.59 Å². The lowest BCUT2D eigenvalue weighted by molar-refractivity contribution is -0.130. The largest absolute Gasteiger partial charge is 0.376 e. The van der Waals surface area contributed by atoms with Gasteiger partial charge < -0.3 is 20.1 Å². The minimum Gasteiger partial charge on any atom is -0.376 e. The molecule has 6 rings (SSSR count). The van der Waals surface area contributed by atoms with Crippen LogP contribution in [0.5, 0.6) is 0 Å². The van der Waals surface area contributed by atoms with Crippen molar-refractivity contribution in [2.24, 2.45) is 5.92 Å². The number of carbonyl (C=O) groups is 2. The molecule has 0 bridgehead atoms. The van der Waals surface area contributed by atoms with Crippen molar-refractivity contribution in [1.82, 2.24) is 19.8 Å². The highest BCUT2D eigenvalue weighted by Crippen LogP contribution is 2.26. The fourth-order valence-electron chi connectivity index (χ4n) is 6.15. The summed E-state index contributed by atoms with van der Waals surface area (Å²) in [7, 11) is 0. The number of fused-ring (bicyclic) bond motifs is 2. The Morgan fingerprint density at radius 1 is 0.974 bits per heavy atom. The molecule has 2 aromatic heterocycles. The maximum absolute atomic E-state index is 13.5. The molecule has 0 spiro atoms. The molecule has 39 heavy (non-hydrogen) atoms. The maximum Gasteiger partial charge on any atom is 0.241 e. The van der Waals surface area contributed by atoms with Crippen LogP contribution in [-0.2, 0) is 4.79 Å². The Morgan fingerprint density at radius 3 is 2.59 bits per heavy atom. The summed E-state index contributed by atoms with van der Waals surface area (Å²) >= 11 is 0. The van der Waals surface area contributed by atoms with Crippen molar-refractivity contribution in [1.29, 1.82) is 0 Å². The third-order valence-corrected chi connectivity index (χ3v) is 8.46. The minimum atomic E-state index is -0.139. The summed E-state index contributed by atoms with van der Waals surface area (Å²) < 4.78 is 0. The molecule has 7 heteroatoms. The number of aromatic amines is 1. The zero-order valence-corrected chi connectivity index (χ0v) is 22.7. The zero-order valence-electron chi connectivity index (χ0n) is 22.7. The Hall–Kier alpha value is -3.71. The normalized spacial score (nSPS) is 17.1. The number of ketones is 1. The lowest BCUT2D eigenvalue weighted by Crippen LogP contribution is -2.44. The fourth-order valence-corrected chi connectivity index (χ4v) is 6.15. The molecular formula is C32H37N5O2. The molecule has 0 aliphatic carbocycles. The molecule has 4 heterocycles. The molecule has 0 atom stereocenters. The van der Waals surface area contributed by atoms with Crippen molar-refractivity contribution in [3.05, 3.63) is 71.5 Å². The predicted octanol–water partition coefficient (Wildman–Crippen LogP) is 5.39. The zero-order chi connectivity index (χ0) is 26.8. The molecule has 2 saturated heterocycles. The van der Waals surface area contributed by atoms with Gasteiger partial charge in [-0.1, -0.05) is 36.8 Å². The Labute approximate surface area is 229 Å². The molecule has 7 nitrogen and oxygen atoms in total. The second-order valence-corrected chi connectivity index (χ2v) is 11.2. The predicted molar refractivity (Wildman–Crippen MR) is 156 cm³/mol. The van der Waals surface area contributed by atoms with Gasteiger partial charge in [0, 0.05) is 53.4 Å². The van der Waals surface area contributed by atoms with Crippen molar-refractivity contribution < 1.29 is 9.59 Å². The first-order chi connectivity index (χ1) is 19.0. The van der Waals surface area contributed by atoms with Crippen molar-refractivity contribution in [2.75, 3.05) is 44.6 Å². The number of rotatable bonds is 7. The van der Waals surface area contributed by atoms with E-state index >= 15 is 0 Å². The van der Waals surface area contributed by atoms with E-state index < -0.39 is 0 Å². The van der Waals surface area contributed by atoms with E-state index in [1.54, 1.807) is 6.07 Å². The van der Waals surface area contributed by atoms with Crippen LogP contribution in [0.1, 0.15) is 53.7 Å². The summed E-state index contributed by atoms with van der Waals surface area (Å²) in [6, 6.07) is 15.2. The van der Waals surface area contributed by atoms with Crippen molar-refractivity contribution in [2.45, 2.75) is 39.0 Å². The number of para-hydroxylation sites is 1. The van der Waals surface area contributed by atoms with Crippen LogP contribution in [0, 0.1) is 12.8 Å². The highest BCUT2D eigenvalue weighted by molar-refractivity contribution is 6.11. The fraction of sp³-hybridized carbons (Fsp3) is 0.406. The molecule has 2 aliphatic rings. The van der Waals surface area contributed by atoms with Crippen LogP contribution in [-0.4, -0.2) is 70.7 Å². The van der Waals surface area contributed by atoms with Crippen LogP contribution in [0.2, 0.25) is 0 Å². The van der Waals surface area contributed by atoms with Crippen molar-refractivity contribution >= 4 is 39.2 Å². The van der Waals surface area contributed by atoms with Crippen LogP contribution in [0.25, 0.3) is 21.8 Å². The summed E-state index contributed by atoms with van der Waals surface area (Å²) in [6.07, 6.45) is 8.10. The third kappa shape index (κ3) is 5.55. The number of likely N-dealkylation sites (tertiary alicyclic amines) is 2. The van der Waals surface area contributed by atoms with Gasteiger partial charge in [0.15, 0.2) is 0 Å². The van der Waals surface area contributed by atoms with Gasteiger partial charge in [0.05, 0.1) is 12.1 Å². The summed E-state index contributed by atoms with van der Waals surface area (Å²) in [5.74, 6) is 0.653. The molecule has 1 amide bonds. The second kappa shape index (κ2) is 11.2. The van der Waals surface area contributed by atoms with Gasteiger partial charge in [-0.2, -0.15) is 0 Å². The summed E-state index contributed by atoms with van der Waals surface area (Å²) in [6.45, 7) is 7.52. The number of anilines is 1. The Morgan fingerprint density at radius 2 is 1.77 bits per heavy atom.